The van der Waals surface area contributed by atoms with Gasteiger partial charge in [0.05, 0.1) is 11.3 Å². The zero-order chi connectivity index (χ0) is 15.5. The Balaban J connectivity index is 2.29. The van der Waals surface area contributed by atoms with E-state index in [0.29, 0.717) is 5.56 Å². The Morgan fingerprint density at radius 1 is 0.955 bits per heavy atom. The van der Waals surface area contributed by atoms with E-state index < -0.39 is 0 Å². The first-order valence-corrected chi connectivity index (χ1v) is 7.05. The number of aryl methyl sites for hydroxylation is 1. The molecule has 0 amide bonds. The van der Waals surface area contributed by atoms with Crippen LogP contribution in [0.1, 0.15) is 11.1 Å². The van der Waals surface area contributed by atoms with Gasteiger partial charge in [0.25, 0.3) is 5.56 Å². The van der Waals surface area contributed by atoms with Crippen molar-refractivity contribution in [1.82, 2.24) is 4.98 Å². The van der Waals surface area contributed by atoms with Crippen molar-refractivity contribution in [3.8, 4) is 34.7 Å². The summed E-state index contributed by atoms with van der Waals surface area (Å²) in [5.74, 6) is 2.45. The second kappa shape index (κ2) is 5.75. The molecule has 3 rings (SSSR count). The lowest BCUT2D eigenvalue weighted by molar-refractivity contribution is 1.23. The number of benzene rings is 2. The summed E-state index contributed by atoms with van der Waals surface area (Å²) in [7, 11) is 0. The summed E-state index contributed by atoms with van der Waals surface area (Å²) in [5.41, 5.74) is 4.99. The van der Waals surface area contributed by atoms with Crippen molar-refractivity contribution in [1.29, 1.82) is 0 Å². The third-order valence-corrected chi connectivity index (χ3v) is 3.62. The van der Waals surface area contributed by atoms with Crippen molar-refractivity contribution in [2.24, 2.45) is 0 Å². The summed E-state index contributed by atoms with van der Waals surface area (Å²) in [6.45, 7) is 2.04. The number of nitrogens with one attached hydrogen (secondary N) is 1. The lowest BCUT2D eigenvalue weighted by Gasteiger charge is -2.11. The van der Waals surface area contributed by atoms with E-state index in [1.165, 1.54) is 5.56 Å². The molecule has 0 atom stereocenters. The first-order valence-electron chi connectivity index (χ1n) is 7.05. The molecule has 0 fully saturated rings. The fourth-order valence-corrected chi connectivity index (χ4v) is 2.43. The van der Waals surface area contributed by atoms with E-state index >= 15 is 0 Å². The molecule has 1 N–H and O–H groups in total. The van der Waals surface area contributed by atoms with Crippen LogP contribution in [0.4, 0.5) is 0 Å². The van der Waals surface area contributed by atoms with Crippen molar-refractivity contribution < 1.29 is 0 Å². The van der Waals surface area contributed by atoms with E-state index in [4.69, 9.17) is 6.42 Å². The van der Waals surface area contributed by atoms with Gasteiger partial charge in [0, 0.05) is 5.56 Å². The molecule has 0 aliphatic carbocycles. The van der Waals surface area contributed by atoms with Crippen molar-refractivity contribution in [3.63, 3.8) is 0 Å². The topological polar surface area (TPSA) is 32.9 Å². The fraction of sp³-hybridized carbons (Fsp3) is 0.0500. The highest BCUT2D eigenvalue weighted by Gasteiger charge is 2.11. The molecule has 22 heavy (non-hydrogen) atoms. The Morgan fingerprint density at radius 3 is 2.27 bits per heavy atom. The predicted octanol–water partition coefficient (Wildman–Crippen LogP) is 4.00. The van der Waals surface area contributed by atoms with Crippen LogP contribution in [0.3, 0.4) is 0 Å². The normalized spacial score (nSPS) is 10.2. The smallest absolute Gasteiger partial charge is 0.264 e. The Hall–Kier alpha value is -3.05. The Bertz CT molecular complexity index is 897. The van der Waals surface area contributed by atoms with Crippen LogP contribution in [-0.2, 0) is 0 Å². The average Bonchev–Trinajstić information content (AvgIpc) is 2.56. The van der Waals surface area contributed by atoms with Gasteiger partial charge in [0.2, 0.25) is 0 Å². The molecule has 2 nitrogen and oxygen atoms in total. The summed E-state index contributed by atoms with van der Waals surface area (Å²) in [6.07, 6.45) is 5.44. The van der Waals surface area contributed by atoms with Gasteiger partial charge in [0.15, 0.2) is 0 Å². The van der Waals surface area contributed by atoms with Crippen molar-refractivity contribution >= 4 is 0 Å². The van der Waals surface area contributed by atoms with E-state index in [2.05, 4.69) is 10.9 Å². The number of hydrogen-bond donors (Lipinski definition) is 1. The van der Waals surface area contributed by atoms with Gasteiger partial charge in [-0.2, -0.15) is 0 Å². The van der Waals surface area contributed by atoms with E-state index in [0.717, 1.165) is 22.4 Å². The van der Waals surface area contributed by atoms with Crippen LogP contribution < -0.4 is 5.56 Å². The Morgan fingerprint density at radius 2 is 1.64 bits per heavy atom. The summed E-state index contributed by atoms with van der Waals surface area (Å²) in [5, 5.41) is 0. The number of aromatic nitrogens is 1. The van der Waals surface area contributed by atoms with Gasteiger partial charge in [-0.25, -0.2) is 0 Å². The highest BCUT2D eigenvalue weighted by atomic mass is 16.1. The average molecular weight is 285 g/mol. The van der Waals surface area contributed by atoms with Gasteiger partial charge in [-0.3, -0.25) is 4.79 Å². The molecule has 1 heterocycles. The molecular weight excluding hydrogens is 270 g/mol. The second-order valence-corrected chi connectivity index (χ2v) is 5.18. The molecule has 1 aromatic heterocycles. The molecule has 0 bridgehead atoms. The molecule has 106 valence electrons. The molecule has 0 spiro atoms. The van der Waals surface area contributed by atoms with Crippen LogP contribution in [0, 0.1) is 19.3 Å². The molecule has 0 aliphatic heterocycles. The summed E-state index contributed by atoms with van der Waals surface area (Å²) < 4.78 is 0. The van der Waals surface area contributed by atoms with E-state index in [1.54, 1.807) is 6.07 Å². The number of terminal acetylenes is 1. The summed E-state index contributed by atoms with van der Waals surface area (Å²) in [4.78, 5) is 15.0. The van der Waals surface area contributed by atoms with Crippen molar-refractivity contribution in [2.45, 2.75) is 6.92 Å². The number of aromatic amines is 1. The standard InChI is InChI=1S/C20H15NO/c1-3-15-13-18(16-11-9-14(2)10-12-16)19(21-20(15)22)17-7-5-4-6-8-17/h1,4-13H,2H3,(H,21,22). The van der Waals surface area contributed by atoms with Crippen LogP contribution in [0.2, 0.25) is 0 Å². The van der Waals surface area contributed by atoms with Gasteiger partial charge in [-0.1, -0.05) is 66.1 Å². The zero-order valence-electron chi connectivity index (χ0n) is 12.3. The van der Waals surface area contributed by atoms with Crippen LogP contribution in [-0.4, -0.2) is 4.98 Å². The van der Waals surface area contributed by atoms with Gasteiger partial charge < -0.3 is 4.98 Å². The van der Waals surface area contributed by atoms with Gasteiger partial charge in [-0.15, -0.1) is 6.42 Å². The highest BCUT2D eigenvalue weighted by molar-refractivity contribution is 5.81. The maximum absolute atomic E-state index is 12.1. The molecule has 0 unspecified atom stereocenters. The molecule has 0 saturated heterocycles. The van der Waals surface area contributed by atoms with Crippen molar-refractivity contribution in [2.75, 3.05) is 0 Å². The monoisotopic (exact) mass is 285 g/mol. The van der Waals surface area contributed by atoms with Crippen LogP contribution in [0.15, 0.2) is 65.5 Å². The van der Waals surface area contributed by atoms with E-state index in [-0.39, 0.29) is 5.56 Å². The minimum Gasteiger partial charge on any atom is -0.320 e. The highest BCUT2D eigenvalue weighted by Crippen LogP contribution is 2.30. The molecule has 0 aliphatic rings. The minimum atomic E-state index is -0.239. The first-order chi connectivity index (χ1) is 10.7. The lowest BCUT2D eigenvalue weighted by Crippen LogP contribution is -2.11. The Kier molecular flexibility index (Phi) is 3.64. The number of H-pyrrole nitrogens is 1. The Labute approximate surface area is 129 Å². The third-order valence-electron chi connectivity index (χ3n) is 3.62. The minimum absolute atomic E-state index is 0.239. The molecule has 0 radical (unpaired) electrons. The lowest BCUT2D eigenvalue weighted by atomic mass is 9.97. The quantitative estimate of drug-likeness (QED) is 0.709. The zero-order valence-corrected chi connectivity index (χ0v) is 12.3. The molecule has 2 aromatic carbocycles. The molecule has 0 saturated carbocycles. The van der Waals surface area contributed by atoms with E-state index in [9.17, 15) is 4.79 Å². The van der Waals surface area contributed by atoms with Gasteiger partial charge in [0.1, 0.15) is 0 Å². The predicted molar refractivity (Wildman–Crippen MR) is 90.6 cm³/mol. The fourth-order valence-electron chi connectivity index (χ4n) is 2.43. The second-order valence-electron chi connectivity index (χ2n) is 5.18. The van der Waals surface area contributed by atoms with E-state index in [1.807, 2.05) is 61.5 Å². The first kappa shape index (κ1) is 13.9. The van der Waals surface area contributed by atoms with Gasteiger partial charge >= 0.3 is 0 Å². The maximum atomic E-state index is 12.1. The SMILES string of the molecule is C#Cc1cc(-c2ccc(C)cc2)c(-c2ccccc2)[nH]c1=O. The van der Waals surface area contributed by atoms with Crippen LogP contribution in [0.25, 0.3) is 22.4 Å². The number of pyridine rings is 1. The number of rotatable bonds is 2. The molecule has 2 heteroatoms. The molecular formula is C20H15NO. The largest absolute Gasteiger partial charge is 0.320 e. The number of hydrogen-bond acceptors (Lipinski definition) is 1. The van der Waals surface area contributed by atoms with Crippen molar-refractivity contribution in [3.05, 3.63) is 82.1 Å². The molecule has 3 aromatic rings. The third kappa shape index (κ3) is 2.57. The summed E-state index contributed by atoms with van der Waals surface area (Å²) in [6, 6.07) is 19.7. The summed E-state index contributed by atoms with van der Waals surface area (Å²) >= 11 is 0. The van der Waals surface area contributed by atoms with Gasteiger partial charge in [-0.05, 0) is 24.1 Å². The maximum Gasteiger partial charge on any atom is 0.264 e. The van der Waals surface area contributed by atoms with Crippen LogP contribution >= 0.6 is 0 Å². The van der Waals surface area contributed by atoms with Crippen LogP contribution in [0.5, 0.6) is 0 Å².